The minimum absolute atomic E-state index is 0.0231. The number of ether oxygens (including phenoxy) is 2. The summed E-state index contributed by atoms with van der Waals surface area (Å²) in [5.41, 5.74) is -0.344. The van der Waals surface area contributed by atoms with Gasteiger partial charge in [0.15, 0.2) is 0 Å². The maximum atomic E-state index is 12.3. The molecule has 0 aromatic heterocycles. The van der Waals surface area contributed by atoms with E-state index in [9.17, 15) is 4.79 Å². The molecule has 4 heteroatoms. The molecule has 1 N–H and O–H groups in total. The fourth-order valence-electron chi connectivity index (χ4n) is 2.96. The third-order valence-electron chi connectivity index (χ3n) is 4.02. The minimum atomic E-state index is -0.344. The van der Waals surface area contributed by atoms with Crippen molar-refractivity contribution in [1.82, 2.24) is 5.32 Å². The molecule has 2 aliphatic rings. The van der Waals surface area contributed by atoms with Gasteiger partial charge in [0.25, 0.3) is 0 Å². The Labute approximate surface area is 109 Å². The minimum Gasteiger partial charge on any atom is -0.462 e. The van der Waals surface area contributed by atoms with Crippen LogP contribution in [0.3, 0.4) is 0 Å². The molecule has 18 heavy (non-hydrogen) atoms. The summed E-state index contributed by atoms with van der Waals surface area (Å²) in [6.07, 6.45) is 4.00. The van der Waals surface area contributed by atoms with Crippen molar-refractivity contribution >= 4 is 5.97 Å². The molecule has 0 radical (unpaired) electrons. The van der Waals surface area contributed by atoms with Gasteiger partial charge < -0.3 is 14.8 Å². The van der Waals surface area contributed by atoms with Crippen molar-refractivity contribution in [3.8, 4) is 0 Å². The van der Waals surface area contributed by atoms with Gasteiger partial charge in [0.2, 0.25) is 0 Å². The smallest absolute Gasteiger partial charge is 0.313 e. The maximum absolute atomic E-state index is 12.3. The van der Waals surface area contributed by atoms with Crippen LogP contribution in [0.5, 0.6) is 0 Å². The summed E-state index contributed by atoms with van der Waals surface area (Å²) < 4.78 is 11.4. The van der Waals surface area contributed by atoms with Crippen LogP contribution in [-0.4, -0.2) is 37.4 Å². The lowest BCUT2D eigenvalue weighted by Gasteiger charge is -2.36. The van der Waals surface area contributed by atoms with E-state index in [1.165, 1.54) is 0 Å². The standard InChI is InChI=1S/C14H25NO3/c1-10-7-12(8-11(2)17-10)18-13(16)14(3)5-4-6-15-9-14/h10-12,15H,4-9H2,1-3H3. The highest BCUT2D eigenvalue weighted by atomic mass is 16.6. The number of hydrogen-bond donors (Lipinski definition) is 1. The number of hydrogen-bond acceptors (Lipinski definition) is 4. The van der Waals surface area contributed by atoms with Crippen LogP contribution in [0.15, 0.2) is 0 Å². The first-order chi connectivity index (χ1) is 8.49. The van der Waals surface area contributed by atoms with Crippen LogP contribution >= 0.6 is 0 Å². The Kier molecular flexibility index (Phi) is 4.28. The zero-order valence-corrected chi connectivity index (χ0v) is 11.7. The topological polar surface area (TPSA) is 47.6 Å². The Morgan fingerprint density at radius 2 is 2.00 bits per heavy atom. The van der Waals surface area contributed by atoms with Crippen molar-refractivity contribution in [3.63, 3.8) is 0 Å². The van der Waals surface area contributed by atoms with Gasteiger partial charge in [-0.3, -0.25) is 4.79 Å². The average molecular weight is 255 g/mol. The number of carbonyl (C=O) groups excluding carboxylic acids is 1. The first-order valence-corrected chi connectivity index (χ1v) is 7.07. The molecular formula is C14H25NO3. The number of rotatable bonds is 2. The molecule has 3 unspecified atom stereocenters. The van der Waals surface area contributed by atoms with Gasteiger partial charge in [0, 0.05) is 19.4 Å². The molecule has 2 aliphatic heterocycles. The Morgan fingerprint density at radius 1 is 1.33 bits per heavy atom. The Morgan fingerprint density at radius 3 is 2.56 bits per heavy atom. The molecule has 104 valence electrons. The van der Waals surface area contributed by atoms with Crippen molar-refractivity contribution in [3.05, 3.63) is 0 Å². The van der Waals surface area contributed by atoms with Gasteiger partial charge >= 0.3 is 5.97 Å². The van der Waals surface area contributed by atoms with Crippen LogP contribution in [0.2, 0.25) is 0 Å². The SMILES string of the molecule is CC1CC(OC(=O)C2(C)CCCNC2)CC(C)O1. The fourth-order valence-corrected chi connectivity index (χ4v) is 2.96. The van der Waals surface area contributed by atoms with Crippen molar-refractivity contribution in [2.75, 3.05) is 13.1 Å². The van der Waals surface area contributed by atoms with E-state index in [1.807, 2.05) is 20.8 Å². The quantitative estimate of drug-likeness (QED) is 0.765. The van der Waals surface area contributed by atoms with Gasteiger partial charge in [0.05, 0.1) is 17.6 Å². The Bertz CT molecular complexity index is 289. The lowest BCUT2D eigenvalue weighted by molar-refractivity contribution is -0.171. The number of nitrogens with one attached hydrogen (secondary N) is 1. The Balaban J connectivity index is 1.90. The molecule has 4 nitrogen and oxygen atoms in total. The second-order valence-electron chi connectivity index (χ2n) is 6.10. The zero-order chi connectivity index (χ0) is 13.2. The molecule has 3 atom stereocenters. The molecule has 2 rings (SSSR count). The van der Waals surface area contributed by atoms with E-state index < -0.39 is 0 Å². The Hall–Kier alpha value is -0.610. The molecule has 0 aromatic rings. The number of carbonyl (C=O) groups is 1. The second-order valence-corrected chi connectivity index (χ2v) is 6.10. The van der Waals surface area contributed by atoms with Gasteiger partial charge in [-0.1, -0.05) is 0 Å². The van der Waals surface area contributed by atoms with Crippen molar-refractivity contribution < 1.29 is 14.3 Å². The van der Waals surface area contributed by atoms with Gasteiger partial charge in [-0.15, -0.1) is 0 Å². The van der Waals surface area contributed by atoms with E-state index in [4.69, 9.17) is 9.47 Å². The van der Waals surface area contributed by atoms with Crippen LogP contribution in [-0.2, 0) is 14.3 Å². The lowest BCUT2D eigenvalue weighted by atomic mass is 9.83. The molecule has 0 amide bonds. The van der Waals surface area contributed by atoms with E-state index in [0.29, 0.717) is 0 Å². The van der Waals surface area contributed by atoms with Crippen LogP contribution < -0.4 is 5.32 Å². The van der Waals surface area contributed by atoms with Crippen LogP contribution in [0.4, 0.5) is 0 Å². The number of esters is 1. The van der Waals surface area contributed by atoms with E-state index in [2.05, 4.69) is 5.32 Å². The maximum Gasteiger partial charge on any atom is 0.313 e. The molecule has 0 aliphatic carbocycles. The lowest BCUT2D eigenvalue weighted by Crippen LogP contribution is -2.46. The van der Waals surface area contributed by atoms with Gasteiger partial charge in [-0.25, -0.2) is 0 Å². The van der Waals surface area contributed by atoms with Crippen LogP contribution in [0.25, 0.3) is 0 Å². The molecule has 2 heterocycles. The summed E-state index contributed by atoms with van der Waals surface area (Å²) in [6, 6.07) is 0. The molecule has 0 aromatic carbocycles. The molecule has 0 bridgehead atoms. The zero-order valence-electron chi connectivity index (χ0n) is 11.7. The number of piperidine rings is 1. The van der Waals surface area contributed by atoms with Crippen LogP contribution in [0.1, 0.15) is 46.5 Å². The van der Waals surface area contributed by atoms with E-state index in [-0.39, 0.29) is 29.7 Å². The summed E-state index contributed by atoms with van der Waals surface area (Å²) >= 11 is 0. The normalized spacial score (nSPS) is 41.4. The summed E-state index contributed by atoms with van der Waals surface area (Å²) in [5, 5.41) is 3.29. The molecular weight excluding hydrogens is 230 g/mol. The average Bonchev–Trinajstić information content (AvgIpc) is 2.28. The highest BCUT2D eigenvalue weighted by Crippen LogP contribution is 2.30. The summed E-state index contributed by atoms with van der Waals surface area (Å²) in [7, 11) is 0. The van der Waals surface area contributed by atoms with Gasteiger partial charge in [0.1, 0.15) is 6.10 Å². The highest BCUT2D eigenvalue weighted by molar-refractivity contribution is 5.77. The van der Waals surface area contributed by atoms with Crippen molar-refractivity contribution in [2.24, 2.45) is 5.41 Å². The van der Waals surface area contributed by atoms with Gasteiger partial charge in [-0.05, 0) is 40.2 Å². The third-order valence-corrected chi connectivity index (χ3v) is 4.02. The summed E-state index contributed by atoms with van der Waals surface area (Å²) in [6.45, 7) is 7.84. The van der Waals surface area contributed by atoms with Crippen molar-refractivity contribution in [1.29, 1.82) is 0 Å². The van der Waals surface area contributed by atoms with E-state index >= 15 is 0 Å². The highest BCUT2D eigenvalue weighted by Gasteiger charge is 2.38. The van der Waals surface area contributed by atoms with E-state index in [0.717, 1.165) is 38.8 Å². The first kappa shape index (κ1) is 13.8. The predicted octanol–water partition coefficient (Wildman–Crippen LogP) is 1.88. The van der Waals surface area contributed by atoms with Crippen LogP contribution in [0, 0.1) is 5.41 Å². The van der Waals surface area contributed by atoms with Gasteiger partial charge in [-0.2, -0.15) is 0 Å². The molecule has 0 saturated carbocycles. The second kappa shape index (κ2) is 5.57. The third kappa shape index (κ3) is 3.23. The predicted molar refractivity (Wildman–Crippen MR) is 69.3 cm³/mol. The fraction of sp³-hybridized carbons (Fsp3) is 0.929. The monoisotopic (exact) mass is 255 g/mol. The molecule has 2 fully saturated rings. The van der Waals surface area contributed by atoms with E-state index in [1.54, 1.807) is 0 Å². The first-order valence-electron chi connectivity index (χ1n) is 7.07. The largest absolute Gasteiger partial charge is 0.462 e. The molecule has 2 saturated heterocycles. The summed E-state index contributed by atoms with van der Waals surface area (Å²) in [5.74, 6) is -0.0407. The summed E-state index contributed by atoms with van der Waals surface area (Å²) in [4.78, 5) is 12.3. The van der Waals surface area contributed by atoms with Crippen molar-refractivity contribution in [2.45, 2.75) is 64.8 Å². The molecule has 0 spiro atoms.